The zero-order chi connectivity index (χ0) is 26.3. The normalized spacial score (nSPS) is 39.5. The van der Waals surface area contributed by atoms with Gasteiger partial charge in [0.1, 0.15) is 4.75 Å². The van der Waals surface area contributed by atoms with E-state index in [9.17, 15) is 18.9 Å². The van der Waals surface area contributed by atoms with Crippen LogP contribution in [0, 0.1) is 34.5 Å². The van der Waals surface area contributed by atoms with Gasteiger partial charge in [-0.2, -0.15) is 0 Å². The average molecular weight is 528 g/mol. The number of aliphatic hydroxyl groups excluding tert-OH is 1. The predicted molar refractivity (Wildman–Crippen MR) is 139 cm³/mol. The number of benzene rings is 1. The highest BCUT2D eigenvalue weighted by Crippen LogP contribution is 2.67. The number of ether oxygens (including phenoxy) is 2. The zero-order valence-corrected chi connectivity index (χ0v) is 22.9. The van der Waals surface area contributed by atoms with Crippen LogP contribution in [0.2, 0.25) is 0 Å². The maximum Gasteiger partial charge on any atom is 0.249 e. The van der Waals surface area contributed by atoms with Crippen molar-refractivity contribution >= 4 is 22.6 Å². The van der Waals surface area contributed by atoms with Gasteiger partial charge < -0.3 is 14.6 Å². The van der Waals surface area contributed by atoms with Gasteiger partial charge in [-0.25, -0.2) is 0 Å². The Bertz CT molecular complexity index is 1210. The summed E-state index contributed by atoms with van der Waals surface area (Å²) in [6.45, 7) is 4.61. The minimum absolute atomic E-state index is 0.0492. The number of carbonyl (C=O) groups excluding carboxylic acids is 2. The summed E-state index contributed by atoms with van der Waals surface area (Å²) < 4.78 is 24.0. The Morgan fingerprint density at radius 2 is 1.86 bits per heavy atom. The van der Waals surface area contributed by atoms with Crippen molar-refractivity contribution < 1.29 is 28.4 Å². The largest absolute Gasteiger partial charge is 0.493 e. The Morgan fingerprint density at radius 1 is 1.11 bits per heavy atom. The molecule has 1 N–H and O–H groups in total. The topological polar surface area (TPSA) is 93.1 Å². The van der Waals surface area contributed by atoms with Crippen LogP contribution in [0.5, 0.6) is 11.5 Å². The molecule has 37 heavy (non-hydrogen) atoms. The lowest BCUT2D eigenvalue weighted by Gasteiger charge is -2.43. The van der Waals surface area contributed by atoms with Gasteiger partial charge in [0.2, 0.25) is 11.8 Å². The summed E-state index contributed by atoms with van der Waals surface area (Å²) in [4.78, 5) is 29.3. The van der Waals surface area contributed by atoms with Crippen LogP contribution in [-0.4, -0.2) is 63.4 Å². The number of imide groups is 1. The number of aliphatic hydroxyl groups is 1. The molecule has 200 valence electrons. The van der Waals surface area contributed by atoms with Crippen molar-refractivity contribution in [1.82, 2.24) is 4.90 Å². The monoisotopic (exact) mass is 527 g/mol. The Balaban J connectivity index is 1.29. The molecule has 1 unspecified atom stereocenters. The standard InChI is InChI=1S/C29H37NO6S/c1-27(2)19-9-11-28(27,23(31)15-19)16-37(34)29-20-7-6-18(14-20)24(29)25(32)30(26(29)33)12-10-17-5-8-21(35-3)22(13-17)36-4/h5-8,13,18-20,23-24,31H,9-12,14-16H2,1-4H3/t18-,19-,20+,23-,24+,28-,29-,37?/m1/s1. The number of allylic oxidation sites excluding steroid dienone is 2. The molecule has 2 amide bonds. The van der Waals surface area contributed by atoms with Gasteiger partial charge in [0.25, 0.3) is 0 Å². The van der Waals surface area contributed by atoms with Gasteiger partial charge in [0.05, 0.1) is 26.2 Å². The summed E-state index contributed by atoms with van der Waals surface area (Å²) in [7, 11) is 1.58. The fraction of sp³-hybridized carbons (Fsp3) is 0.655. The van der Waals surface area contributed by atoms with Crippen molar-refractivity contribution in [2.24, 2.45) is 34.5 Å². The van der Waals surface area contributed by atoms with Gasteiger partial charge in [0.15, 0.2) is 11.5 Å². The number of likely N-dealkylation sites (tertiary alicyclic amines) is 1. The lowest BCUT2D eigenvalue weighted by molar-refractivity contribution is -0.140. The first-order valence-corrected chi connectivity index (χ1v) is 14.7. The summed E-state index contributed by atoms with van der Waals surface area (Å²) in [6, 6.07) is 5.59. The molecule has 5 aliphatic rings. The highest BCUT2D eigenvalue weighted by atomic mass is 32.2. The Labute approximate surface area is 221 Å². The van der Waals surface area contributed by atoms with E-state index in [0.717, 1.165) is 24.8 Å². The van der Waals surface area contributed by atoms with Crippen LogP contribution < -0.4 is 9.47 Å². The molecule has 0 radical (unpaired) electrons. The van der Waals surface area contributed by atoms with Crippen molar-refractivity contribution in [3.05, 3.63) is 35.9 Å². The number of amides is 2. The molecule has 0 spiro atoms. The van der Waals surface area contributed by atoms with Crippen LogP contribution in [0.4, 0.5) is 0 Å². The third-order valence-electron chi connectivity index (χ3n) is 10.9. The zero-order valence-electron chi connectivity index (χ0n) is 22.1. The van der Waals surface area contributed by atoms with Gasteiger partial charge in [-0.1, -0.05) is 32.1 Å². The number of methoxy groups -OCH3 is 2. The lowest BCUT2D eigenvalue weighted by Crippen LogP contribution is -2.55. The Kier molecular flexibility index (Phi) is 5.70. The molecular formula is C29H37NO6S. The number of hydrogen-bond acceptors (Lipinski definition) is 6. The molecule has 1 saturated heterocycles. The molecule has 0 aromatic heterocycles. The lowest BCUT2D eigenvalue weighted by atomic mass is 9.70. The smallest absolute Gasteiger partial charge is 0.249 e. The van der Waals surface area contributed by atoms with E-state index in [-0.39, 0.29) is 41.4 Å². The minimum Gasteiger partial charge on any atom is -0.493 e. The first kappa shape index (κ1) is 25.1. The molecule has 4 fully saturated rings. The number of nitrogens with zero attached hydrogens (tertiary/aromatic N) is 1. The van der Waals surface area contributed by atoms with Crippen molar-refractivity contribution in [3.63, 3.8) is 0 Å². The molecule has 1 aromatic carbocycles. The Hall–Kier alpha value is -2.19. The van der Waals surface area contributed by atoms with Crippen LogP contribution in [-0.2, 0) is 26.8 Å². The van der Waals surface area contributed by atoms with Gasteiger partial charge >= 0.3 is 0 Å². The highest BCUT2D eigenvalue weighted by molar-refractivity contribution is 7.87. The van der Waals surface area contributed by atoms with E-state index >= 15 is 0 Å². The molecule has 6 rings (SSSR count). The van der Waals surface area contributed by atoms with Crippen molar-refractivity contribution in [2.45, 2.75) is 56.8 Å². The van der Waals surface area contributed by atoms with Crippen LogP contribution in [0.3, 0.4) is 0 Å². The van der Waals surface area contributed by atoms with E-state index in [0.29, 0.717) is 30.3 Å². The van der Waals surface area contributed by atoms with Crippen LogP contribution in [0.15, 0.2) is 30.4 Å². The molecule has 8 heteroatoms. The SMILES string of the molecule is COc1ccc(CCN2C(=O)[C@@H]3[C@@H]4C=C[C@@H](C4)[C@]3(S(=O)C[C@]34CC[C@H](C[C@H]3O)C4(C)C)C2=O)cc1OC. The minimum atomic E-state index is -1.58. The molecular weight excluding hydrogens is 490 g/mol. The van der Waals surface area contributed by atoms with Crippen LogP contribution in [0.1, 0.15) is 45.1 Å². The quantitative estimate of drug-likeness (QED) is 0.413. The van der Waals surface area contributed by atoms with E-state index in [4.69, 9.17) is 9.47 Å². The third-order valence-corrected chi connectivity index (χ3v) is 13.2. The van der Waals surface area contributed by atoms with Crippen molar-refractivity contribution in [2.75, 3.05) is 26.5 Å². The first-order valence-electron chi connectivity index (χ1n) is 13.4. The number of rotatable bonds is 8. The number of hydrogen-bond donors (Lipinski definition) is 1. The summed E-state index contributed by atoms with van der Waals surface area (Å²) >= 11 is 0. The molecule has 4 aliphatic carbocycles. The summed E-state index contributed by atoms with van der Waals surface area (Å²) in [5.74, 6) is 0.627. The molecule has 4 bridgehead atoms. The highest BCUT2D eigenvalue weighted by Gasteiger charge is 2.74. The van der Waals surface area contributed by atoms with Gasteiger partial charge in [-0.3, -0.25) is 18.7 Å². The molecule has 8 atom stereocenters. The van der Waals surface area contributed by atoms with E-state index in [1.54, 1.807) is 14.2 Å². The second-order valence-corrected chi connectivity index (χ2v) is 13.9. The van der Waals surface area contributed by atoms with Crippen molar-refractivity contribution in [1.29, 1.82) is 0 Å². The van der Waals surface area contributed by atoms with E-state index in [2.05, 4.69) is 13.8 Å². The second kappa shape index (κ2) is 8.40. The summed E-state index contributed by atoms with van der Waals surface area (Å²) in [5.41, 5.74) is 0.322. The maximum atomic E-state index is 14.5. The Morgan fingerprint density at radius 3 is 2.51 bits per heavy atom. The predicted octanol–water partition coefficient (Wildman–Crippen LogP) is 3.11. The average Bonchev–Trinajstić information content (AvgIpc) is 3.63. The fourth-order valence-corrected chi connectivity index (χ4v) is 11.4. The van der Waals surface area contributed by atoms with Gasteiger partial charge in [-0.15, -0.1) is 0 Å². The van der Waals surface area contributed by atoms with E-state index < -0.39 is 33.0 Å². The number of fused-ring (bicyclic) bond motifs is 7. The van der Waals surface area contributed by atoms with E-state index in [1.165, 1.54) is 4.90 Å². The molecule has 1 aromatic rings. The fourth-order valence-electron chi connectivity index (χ4n) is 8.61. The van der Waals surface area contributed by atoms with Crippen molar-refractivity contribution in [3.8, 4) is 11.5 Å². The second-order valence-electron chi connectivity index (χ2n) is 12.3. The summed E-state index contributed by atoms with van der Waals surface area (Å²) in [6.07, 6.45) is 7.33. The van der Waals surface area contributed by atoms with Crippen LogP contribution >= 0.6 is 0 Å². The first-order chi connectivity index (χ1) is 17.6. The van der Waals surface area contributed by atoms with Gasteiger partial charge in [-0.05, 0) is 67.1 Å². The molecule has 7 nitrogen and oxygen atoms in total. The summed E-state index contributed by atoms with van der Waals surface area (Å²) in [5, 5.41) is 11.1. The van der Waals surface area contributed by atoms with E-state index in [1.807, 2.05) is 30.4 Å². The third kappa shape index (κ3) is 3.11. The molecule has 1 aliphatic heterocycles. The van der Waals surface area contributed by atoms with Crippen LogP contribution in [0.25, 0.3) is 0 Å². The maximum absolute atomic E-state index is 14.5. The number of carbonyl (C=O) groups is 2. The molecule has 1 heterocycles. The molecule has 3 saturated carbocycles. The van der Waals surface area contributed by atoms with Gasteiger partial charge in [0, 0.05) is 34.4 Å².